The van der Waals surface area contributed by atoms with Crippen molar-refractivity contribution in [1.29, 1.82) is 0 Å². The van der Waals surface area contributed by atoms with Gasteiger partial charge >= 0.3 is 5.97 Å². The van der Waals surface area contributed by atoms with Crippen LogP contribution in [0, 0.1) is 0 Å². The molecule has 0 aliphatic heterocycles. The summed E-state index contributed by atoms with van der Waals surface area (Å²) in [5.74, 6) is -0.660. The van der Waals surface area contributed by atoms with E-state index in [0.29, 0.717) is 0 Å². The van der Waals surface area contributed by atoms with Crippen molar-refractivity contribution >= 4 is 17.6 Å². The number of hydrogen-bond acceptors (Lipinski definition) is 4. The number of halogens is 1. The molecular weight excluding hydrogens is 208 g/mol. The van der Waals surface area contributed by atoms with Gasteiger partial charge < -0.3 is 14.6 Å². The third kappa shape index (κ3) is 1.75. The van der Waals surface area contributed by atoms with E-state index < -0.39 is 5.97 Å². The highest BCUT2D eigenvalue weighted by Gasteiger charge is 2.16. The van der Waals surface area contributed by atoms with Crippen LogP contribution in [0.5, 0.6) is 11.5 Å². The van der Waals surface area contributed by atoms with Gasteiger partial charge in [0.05, 0.1) is 19.8 Å². The van der Waals surface area contributed by atoms with Gasteiger partial charge in [-0.25, -0.2) is 4.79 Å². The minimum absolute atomic E-state index is 0.0730. The Labute approximate surface area is 86.0 Å². The number of phenolic OH excluding ortho intramolecular Hbond substituents is 1. The third-order valence-corrected chi connectivity index (χ3v) is 2.09. The lowest BCUT2D eigenvalue weighted by Crippen LogP contribution is -2.02. The fourth-order valence-corrected chi connectivity index (χ4v) is 1.21. The molecule has 1 N–H and O–H groups in total. The van der Waals surface area contributed by atoms with E-state index in [4.69, 9.17) is 16.3 Å². The van der Waals surface area contributed by atoms with Crippen LogP contribution < -0.4 is 4.74 Å². The summed E-state index contributed by atoms with van der Waals surface area (Å²) in [6.07, 6.45) is 0. The molecule has 0 radical (unpaired) electrons. The highest BCUT2D eigenvalue weighted by atomic mass is 35.5. The quantitative estimate of drug-likeness (QED) is 0.767. The maximum absolute atomic E-state index is 11.1. The Morgan fingerprint density at radius 1 is 1.43 bits per heavy atom. The standard InChI is InChI=1S/C9H9ClO4/c1-13-6-4-3-5(9(12)14-2)7(10)8(6)11/h3-4,11H,1-2H3. The molecule has 5 heteroatoms. The summed E-state index contributed by atoms with van der Waals surface area (Å²) < 4.78 is 9.28. The second-order valence-electron chi connectivity index (χ2n) is 2.47. The molecular formula is C9H9ClO4. The van der Waals surface area contributed by atoms with E-state index in [1.165, 1.54) is 26.4 Å². The Morgan fingerprint density at radius 3 is 2.57 bits per heavy atom. The smallest absolute Gasteiger partial charge is 0.339 e. The first-order chi connectivity index (χ1) is 6.61. The summed E-state index contributed by atoms with van der Waals surface area (Å²) in [7, 11) is 2.63. The monoisotopic (exact) mass is 216 g/mol. The molecule has 0 atom stereocenters. The molecule has 1 rings (SSSR count). The van der Waals surface area contributed by atoms with Crippen molar-refractivity contribution < 1.29 is 19.4 Å². The number of phenols is 1. The van der Waals surface area contributed by atoms with Crippen LogP contribution in [-0.4, -0.2) is 25.3 Å². The first-order valence-corrected chi connectivity index (χ1v) is 4.13. The highest BCUT2D eigenvalue weighted by molar-refractivity contribution is 6.35. The predicted molar refractivity (Wildman–Crippen MR) is 51.0 cm³/mol. The SMILES string of the molecule is COC(=O)c1ccc(OC)c(O)c1Cl. The van der Waals surface area contributed by atoms with Crippen LogP contribution >= 0.6 is 11.6 Å². The Balaban J connectivity index is 3.24. The lowest BCUT2D eigenvalue weighted by molar-refractivity contribution is 0.0600. The Bertz CT molecular complexity index is 362. The Hall–Kier alpha value is -1.42. The number of aromatic hydroxyl groups is 1. The van der Waals surface area contributed by atoms with Crippen LogP contribution in [0.25, 0.3) is 0 Å². The lowest BCUT2D eigenvalue weighted by atomic mass is 10.2. The van der Waals surface area contributed by atoms with E-state index in [-0.39, 0.29) is 22.1 Å². The van der Waals surface area contributed by atoms with Crippen LogP contribution in [-0.2, 0) is 4.74 Å². The molecule has 0 aliphatic carbocycles. The largest absolute Gasteiger partial charge is 0.503 e. The molecule has 0 bridgehead atoms. The zero-order valence-electron chi connectivity index (χ0n) is 7.70. The van der Waals surface area contributed by atoms with E-state index in [1.54, 1.807) is 0 Å². The molecule has 1 aromatic carbocycles. The average molecular weight is 217 g/mol. The number of rotatable bonds is 2. The molecule has 14 heavy (non-hydrogen) atoms. The minimum atomic E-state index is -0.604. The van der Waals surface area contributed by atoms with Gasteiger partial charge in [0.2, 0.25) is 0 Å². The van der Waals surface area contributed by atoms with E-state index in [0.717, 1.165) is 0 Å². The summed E-state index contributed by atoms with van der Waals surface area (Å²) in [6, 6.07) is 2.86. The van der Waals surface area contributed by atoms with Crippen LogP contribution in [0.1, 0.15) is 10.4 Å². The molecule has 0 amide bonds. The van der Waals surface area contributed by atoms with E-state index in [9.17, 15) is 9.90 Å². The fraction of sp³-hybridized carbons (Fsp3) is 0.222. The topological polar surface area (TPSA) is 55.8 Å². The summed E-state index contributed by atoms with van der Waals surface area (Å²) in [6.45, 7) is 0. The molecule has 0 saturated carbocycles. The van der Waals surface area contributed by atoms with Gasteiger partial charge in [-0.15, -0.1) is 0 Å². The van der Waals surface area contributed by atoms with Crippen molar-refractivity contribution in [3.05, 3.63) is 22.7 Å². The lowest BCUT2D eigenvalue weighted by Gasteiger charge is -2.07. The first-order valence-electron chi connectivity index (χ1n) is 3.75. The molecule has 0 heterocycles. The van der Waals surface area contributed by atoms with E-state index >= 15 is 0 Å². The maximum atomic E-state index is 11.1. The van der Waals surface area contributed by atoms with Crippen molar-refractivity contribution in [1.82, 2.24) is 0 Å². The number of hydrogen-bond donors (Lipinski definition) is 1. The van der Waals surface area contributed by atoms with Crippen molar-refractivity contribution in [2.45, 2.75) is 0 Å². The van der Waals surface area contributed by atoms with Gasteiger partial charge in [0, 0.05) is 0 Å². The van der Waals surface area contributed by atoms with Crippen LogP contribution in [0.3, 0.4) is 0 Å². The summed E-state index contributed by atoms with van der Waals surface area (Å²) in [4.78, 5) is 11.1. The van der Waals surface area contributed by atoms with Crippen LogP contribution in [0.15, 0.2) is 12.1 Å². The maximum Gasteiger partial charge on any atom is 0.339 e. The van der Waals surface area contributed by atoms with Crippen molar-refractivity contribution in [2.75, 3.05) is 14.2 Å². The highest BCUT2D eigenvalue weighted by Crippen LogP contribution is 2.36. The van der Waals surface area contributed by atoms with Gasteiger partial charge in [-0.1, -0.05) is 11.6 Å². The van der Waals surface area contributed by atoms with Gasteiger partial charge in [0.25, 0.3) is 0 Å². The van der Waals surface area contributed by atoms with Gasteiger partial charge in [0.15, 0.2) is 11.5 Å². The van der Waals surface area contributed by atoms with Crippen molar-refractivity contribution in [2.24, 2.45) is 0 Å². The average Bonchev–Trinajstić information content (AvgIpc) is 2.21. The normalized spacial score (nSPS) is 9.64. The molecule has 4 nitrogen and oxygen atoms in total. The molecule has 76 valence electrons. The molecule has 0 spiro atoms. The van der Waals surface area contributed by atoms with Crippen LogP contribution in [0.2, 0.25) is 5.02 Å². The second kappa shape index (κ2) is 4.19. The van der Waals surface area contributed by atoms with Gasteiger partial charge in [0.1, 0.15) is 5.02 Å². The molecule has 0 saturated heterocycles. The predicted octanol–water partition coefficient (Wildman–Crippen LogP) is 1.84. The molecule has 0 fully saturated rings. The Kier molecular flexibility index (Phi) is 3.19. The summed E-state index contributed by atoms with van der Waals surface area (Å²) in [5.41, 5.74) is 0.104. The van der Waals surface area contributed by atoms with E-state index in [1.807, 2.05) is 0 Å². The fourth-order valence-electron chi connectivity index (χ4n) is 0.979. The van der Waals surface area contributed by atoms with Gasteiger partial charge in [-0.3, -0.25) is 0 Å². The summed E-state index contributed by atoms with van der Waals surface area (Å²) in [5, 5.41) is 9.39. The van der Waals surface area contributed by atoms with Gasteiger partial charge in [-0.05, 0) is 12.1 Å². The second-order valence-corrected chi connectivity index (χ2v) is 2.85. The zero-order valence-corrected chi connectivity index (χ0v) is 8.46. The number of benzene rings is 1. The zero-order chi connectivity index (χ0) is 10.7. The molecule has 1 aromatic rings. The minimum Gasteiger partial charge on any atom is -0.503 e. The van der Waals surface area contributed by atoms with Gasteiger partial charge in [-0.2, -0.15) is 0 Å². The molecule has 0 unspecified atom stereocenters. The number of methoxy groups -OCH3 is 2. The molecule has 0 aliphatic rings. The van der Waals surface area contributed by atoms with Crippen LogP contribution in [0.4, 0.5) is 0 Å². The van der Waals surface area contributed by atoms with Crippen molar-refractivity contribution in [3.8, 4) is 11.5 Å². The molecule has 0 aromatic heterocycles. The van der Waals surface area contributed by atoms with E-state index in [2.05, 4.69) is 4.74 Å². The number of ether oxygens (including phenoxy) is 2. The number of esters is 1. The summed E-state index contributed by atoms with van der Waals surface area (Å²) >= 11 is 5.72. The third-order valence-electron chi connectivity index (χ3n) is 1.70. The first kappa shape index (κ1) is 10.7. The number of carbonyl (C=O) groups excluding carboxylic acids is 1. The number of carbonyl (C=O) groups is 1. The van der Waals surface area contributed by atoms with Crippen molar-refractivity contribution in [3.63, 3.8) is 0 Å². The Morgan fingerprint density at radius 2 is 2.07 bits per heavy atom.